The Morgan fingerprint density at radius 1 is 1.15 bits per heavy atom. The maximum absolute atomic E-state index is 12.7. The van der Waals surface area contributed by atoms with Gasteiger partial charge in [0, 0.05) is 30.7 Å². The molecule has 2 aromatic carbocycles. The van der Waals surface area contributed by atoms with E-state index in [4.69, 9.17) is 10.8 Å². The van der Waals surface area contributed by atoms with Crippen molar-refractivity contribution in [2.45, 2.75) is 31.7 Å². The van der Waals surface area contributed by atoms with Gasteiger partial charge in [-0.25, -0.2) is 4.79 Å². The standard InChI is InChI=1S/C25H32N4O4/c1-25(2,19-9-7-18(8-10-19)24(32)33)16-27-23(31)21(26)14-17-5-4-6-20(13-17)29-12-11-28(3)15-22(29)30/h4-10,13,21H,11-12,14-16,26H2,1-3H3,(H,27,31)(H,32,33). The molecule has 1 saturated heterocycles. The van der Waals surface area contributed by atoms with Crippen molar-refractivity contribution in [2.75, 3.05) is 38.1 Å². The first-order valence-electron chi connectivity index (χ1n) is 11.0. The fourth-order valence-electron chi connectivity index (χ4n) is 3.87. The van der Waals surface area contributed by atoms with Crippen LogP contribution in [0.2, 0.25) is 0 Å². The topological polar surface area (TPSA) is 116 Å². The molecule has 1 fully saturated rings. The summed E-state index contributed by atoms with van der Waals surface area (Å²) in [7, 11) is 1.93. The number of rotatable bonds is 8. The monoisotopic (exact) mass is 452 g/mol. The second-order valence-corrected chi connectivity index (χ2v) is 9.25. The fraction of sp³-hybridized carbons (Fsp3) is 0.400. The second kappa shape index (κ2) is 10.1. The Kier molecular flexibility index (Phi) is 7.50. The van der Waals surface area contributed by atoms with E-state index >= 15 is 0 Å². The van der Waals surface area contributed by atoms with Gasteiger partial charge in [0.25, 0.3) is 0 Å². The van der Waals surface area contributed by atoms with Crippen molar-refractivity contribution in [3.05, 3.63) is 65.2 Å². The predicted octanol–water partition coefficient (Wildman–Crippen LogP) is 1.63. The molecule has 0 saturated carbocycles. The van der Waals surface area contributed by atoms with E-state index in [9.17, 15) is 14.4 Å². The van der Waals surface area contributed by atoms with Gasteiger partial charge >= 0.3 is 5.97 Å². The summed E-state index contributed by atoms with van der Waals surface area (Å²) in [5.41, 5.74) is 8.65. The highest BCUT2D eigenvalue weighted by molar-refractivity contribution is 5.95. The lowest BCUT2D eigenvalue weighted by Gasteiger charge is -2.32. The minimum absolute atomic E-state index is 0.0570. The summed E-state index contributed by atoms with van der Waals surface area (Å²) in [5.74, 6) is -1.17. The van der Waals surface area contributed by atoms with Crippen molar-refractivity contribution in [3.8, 4) is 0 Å². The summed E-state index contributed by atoms with van der Waals surface area (Å²) < 4.78 is 0. The van der Waals surface area contributed by atoms with Gasteiger partial charge in [-0.15, -0.1) is 0 Å². The van der Waals surface area contributed by atoms with Crippen LogP contribution in [0, 0.1) is 0 Å². The number of benzene rings is 2. The number of nitrogens with one attached hydrogen (secondary N) is 1. The zero-order chi connectivity index (χ0) is 24.2. The van der Waals surface area contributed by atoms with Crippen LogP contribution in [-0.4, -0.2) is 67.1 Å². The number of hydrogen-bond acceptors (Lipinski definition) is 5. The van der Waals surface area contributed by atoms with Crippen LogP contribution in [0.4, 0.5) is 5.69 Å². The summed E-state index contributed by atoms with van der Waals surface area (Å²) in [5, 5.41) is 12.0. The third-order valence-corrected chi connectivity index (χ3v) is 6.04. The summed E-state index contributed by atoms with van der Waals surface area (Å²) in [4.78, 5) is 39.8. The number of nitrogens with two attached hydrogens (primary N) is 1. The largest absolute Gasteiger partial charge is 0.478 e. The first kappa shape index (κ1) is 24.4. The van der Waals surface area contributed by atoms with Gasteiger partial charge in [0.15, 0.2) is 0 Å². The molecule has 33 heavy (non-hydrogen) atoms. The molecule has 3 rings (SSSR count). The van der Waals surface area contributed by atoms with E-state index in [1.807, 2.05) is 50.1 Å². The van der Waals surface area contributed by atoms with Gasteiger partial charge < -0.3 is 21.1 Å². The van der Waals surface area contributed by atoms with Crippen LogP contribution in [0.5, 0.6) is 0 Å². The number of aromatic carboxylic acids is 1. The number of hydrogen-bond donors (Lipinski definition) is 3. The van der Waals surface area contributed by atoms with Gasteiger partial charge in [0.2, 0.25) is 11.8 Å². The van der Waals surface area contributed by atoms with E-state index in [2.05, 4.69) is 5.32 Å². The third-order valence-electron chi connectivity index (χ3n) is 6.04. The van der Waals surface area contributed by atoms with Crippen LogP contribution >= 0.6 is 0 Å². The van der Waals surface area contributed by atoms with E-state index in [0.29, 0.717) is 26.1 Å². The minimum Gasteiger partial charge on any atom is -0.478 e. The summed E-state index contributed by atoms with van der Waals surface area (Å²) in [6.45, 7) is 6.15. The highest BCUT2D eigenvalue weighted by Gasteiger charge is 2.25. The van der Waals surface area contributed by atoms with E-state index in [-0.39, 0.29) is 17.4 Å². The highest BCUT2D eigenvalue weighted by Crippen LogP contribution is 2.23. The Balaban J connectivity index is 1.58. The molecule has 0 spiro atoms. The van der Waals surface area contributed by atoms with Crippen LogP contribution in [0.25, 0.3) is 0 Å². The SMILES string of the molecule is CN1CCN(c2cccc(CC(N)C(=O)NCC(C)(C)c3ccc(C(=O)O)cc3)c2)C(=O)C1. The molecule has 2 aromatic rings. The molecule has 1 aliphatic heterocycles. The number of carboxylic acids is 1. The molecule has 2 amide bonds. The lowest BCUT2D eigenvalue weighted by atomic mass is 9.84. The predicted molar refractivity (Wildman–Crippen MR) is 127 cm³/mol. The molecule has 1 atom stereocenters. The van der Waals surface area contributed by atoms with E-state index in [0.717, 1.165) is 23.4 Å². The van der Waals surface area contributed by atoms with Crippen molar-refractivity contribution >= 4 is 23.5 Å². The summed E-state index contributed by atoms with van der Waals surface area (Å²) >= 11 is 0. The van der Waals surface area contributed by atoms with Crippen LogP contribution < -0.4 is 16.0 Å². The maximum atomic E-state index is 12.7. The number of carbonyl (C=O) groups is 3. The fourth-order valence-corrected chi connectivity index (χ4v) is 3.87. The number of likely N-dealkylation sites (N-methyl/N-ethyl adjacent to an activating group) is 1. The molecule has 0 aliphatic carbocycles. The lowest BCUT2D eigenvalue weighted by molar-refractivity contribution is -0.122. The third kappa shape index (κ3) is 6.18. The van der Waals surface area contributed by atoms with Gasteiger partial charge in [-0.3, -0.25) is 14.5 Å². The number of carbonyl (C=O) groups excluding carboxylic acids is 2. The molecular weight excluding hydrogens is 420 g/mol. The molecule has 176 valence electrons. The van der Waals surface area contributed by atoms with Gasteiger partial charge in [0.1, 0.15) is 0 Å². The first-order valence-corrected chi connectivity index (χ1v) is 11.0. The van der Waals surface area contributed by atoms with Crippen molar-refractivity contribution in [2.24, 2.45) is 5.73 Å². The van der Waals surface area contributed by atoms with Crippen LogP contribution in [0.3, 0.4) is 0 Å². The quantitative estimate of drug-likeness (QED) is 0.561. The molecule has 0 radical (unpaired) electrons. The minimum atomic E-state index is -0.973. The Morgan fingerprint density at radius 3 is 2.48 bits per heavy atom. The van der Waals surface area contributed by atoms with Crippen molar-refractivity contribution < 1.29 is 19.5 Å². The zero-order valence-corrected chi connectivity index (χ0v) is 19.4. The molecule has 0 aromatic heterocycles. The average Bonchev–Trinajstić information content (AvgIpc) is 2.77. The molecule has 4 N–H and O–H groups in total. The summed E-state index contributed by atoms with van der Waals surface area (Å²) in [6.07, 6.45) is 0.356. The molecule has 0 bridgehead atoms. The summed E-state index contributed by atoms with van der Waals surface area (Å²) in [6, 6.07) is 13.5. The normalized spacial score (nSPS) is 15.9. The van der Waals surface area contributed by atoms with E-state index < -0.39 is 17.4 Å². The molecular formula is C25H32N4O4. The Labute approximate surface area is 194 Å². The number of piperazine rings is 1. The van der Waals surface area contributed by atoms with Crippen molar-refractivity contribution in [1.82, 2.24) is 10.2 Å². The average molecular weight is 453 g/mol. The lowest BCUT2D eigenvalue weighted by Crippen LogP contribution is -2.49. The van der Waals surface area contributed by atoms with E-state index in [1.165, 1.54) is 0 Å². The Bertz CT molecular complexity index is 1020. The number of amides is 2. The number of carboxylic acid groups (broad SMARTS) is 1. The number of anilines is 1. The van der Waals surface area contributed by atoms with Gasteiger partial charge in [-0.1, -0.05) is 38.1 Å². The number of nitrogens with zero attached hydrogens (tertiary/aromatic N) is 2. The van der Waals surface area contributed by atoms with Gasteiger partial charge in [0.05, 0.1) is 18.2 Å². The van der Waals surface area contributed by atoms with E-state index in [1.54, 1.807) is 29.2 Å². The molecule has 8 heteroatoms. The van der Waals surface area contributed by atoms with Crippen molar-refractivity contribution in [1.29, 1.82) is 0 Å². The smallest absolute Gasteiger partial charge is 0.335 e. The molecule has 1 heterocycles. The van der Waals surface area contributed by atoms with Crippen molar-refractivity contribution in [3.63, 3.8) is 0 Å². The highest BCUT2D eigenvalue weighted by atomic mass is 16.4. The van der Waals surface area contributed by atoms with Crippen LogP contribution in [-0.2, 0) is 21.4 Å². The molecule has 1 aliphatic rings. The Morgan fingerprint density at radius 2 is 1.85 bits per heavy atom. The first-order chi connectivity index (χ1) is 15.6. The van der Waals surface area contributed by atoms with Gasteiger partial charge in [-0.05, 0) is 48.9 Å². The second-order valence-electron chi connectivity index (χ2n) is 9.25. The van der Waals surface area contributed by atoms with Crippen LogP contribution in [0.15, 0.2) is 48.5 Å². The van der Waals surface area contributed by atoms with Crippen LogP contribution in [0.1, 0.15) is 35.3 Å². The maximum Gasteiger partial charge on any atom is 0.335 e. The Hall–Kier alpha value is -3.23. The van der Waals surface area contributed by atoms with Gasteiger partial charge in [-0.2, -0.15) is 0 Å². The zero-order valence-electron chi connectivity index (χ0n) is 19.4. The molecule has 1 unspecified atom stereocenters. The molecule has 8 nitrogen and oxygen atoms in total.